The second-order valence-electron chi connectivity index (χ2n) is 6.30. The maximum absolute atomic E-state index is 5.88. The van der Waals surface area contributed by atoms with Crippen LogP contribution in [0.25, 0.3) is 11.5 Å². The highest BCUT2D eigenvalue weighted by atomic mass is 16.4. The molecule has 116 valence electrons. The Bertz CT molecular complexity index is 835. The minimum absolute atomic E-state index is 0.607. The van der Waals surface area contributed by atoms with Crippen LogP contribution in [-0.4, -0.2) is 10.2 Å². The van der Waals surface area contributed by atoms with Crippen LogP contribution in [0.2, 0.25) is 0 Å². The van der Waals surface area contributed by atoms with Crippen LogP contribution in [0, 0.1) is 6.92 Å². The van der Waals surface area contributed by atoms with Crippen molar-refractivity contribution in [3.8, 4) is 11.5 Å². The Morgan fingerprint density at radius 1 is 0.957 bits per heavy atom. The van der Waals surface area contributed by atoms with Gasteiger partial charge in [-0.1, -0.05) is 36.4 Å². The van der Waals surface area contributed by atoms with E-state index < -0.39 is 0 Å². The van der Waals surface area contributed by atoms with Gasteiger partial charge in [-0.25, -0.2) is 0 Å². The standard InChI is InChI=1S/C20H20N2O/c1-14-6-2-5-9-18(14)20-22-21-19(23-20)13-15-10-11-16-7-3-4-8-17(16)12-15/h2,5-6,9-12H,3-4,7-8,13H2,1H3. The van der Waals surface area contributed by atoms with Crippen molar-refractivity contribution in [1.29, 1.82) is 0 Å². The van der Waals surface area contributed by atoms with Gasteiger partial charge in [-0.05, 0) is 60.9 Å². The van der Waals surface area contributed by atoms with E-state index in [9.17, 15) is 0 Å². The third-order valence-corrected chi connectivity index (χ3v) is 4.61. The van der Waals surface area contributed by atoms with Crippen LogP contribution in [0.3, 0.4) is 0 Å². The zero-order valence-corrected chi connectivity index (χ0v) is 13.4. The Hall–Kier alpha value is -2.42. The van der Waals surface area contributed by atoms with Crippen molar-refractivity contribution in [2.24, 2.45) is 0 Å². The van der Waals surface area contributed by atoms with Gasteiger partial charge in [0.1, 0.15) is 0 Å². The molecular weight excluding hydrogens is 284 g/mol. The molecule has 0 N–H and O–H groups in total. The van der Waals surface area contributed by atoms with Gasteiger partial charge in [0.05, 0.1) is 6.42 Å². The summed E-state index contributed by atoms with van der Waals surface area (Å²) in [6.07, 6.45) is 5.73. The number of hydrogen-bond acceptors (Lipinski definition) is 3. The fourth-order valence-electron chi connectivity index (χ4n) is 3.32. The second-order valence-corrected chi connectivity index (χ2v) is 6.30. The van der Waals surface area contributed by atoms with Gasteiger partial charge in [0, 0.05) is 5.56 Å². The van der Waals surface area contributed by atoms with Crippen LogP contribution in [0.4, 0.5) is 0 Å². The number of fused-ring (bicyclic) bond motifs is 1. The Morgan fingerprint density at radius 3 is 2.65 bits per heavy atom. The molecule has 3 heteroatoms. The SMILES string of the molecule is Cc1ccccc1-c1nnc(Cc2ccc3c(c2)CCCC3)o1. The predicted molar refractivity (Wildman–Crippen MR) is 90.4 cm³/mol. The van der Waals surface area contributed by atoms with E-state index in [4.69, 9.17) is 4.42 Å². The molecule has 23 heavy (non-hydrogen) atoms. The zero-order valence-electron chi connectivity index (χ0n) is 13.4. The molecular formula is C20H20N2O. The highest BCUT2D eigenvalue weighted by Gasteiger charge is 2.13. The molecule has 0 amide bonds. The first kappa shape index (κ1) is 14.2. The molecule has 2 aromatic carbocycles. The van der Waals surface area contributed by atoms with Gasteiger partial charge >= 0.3 is 0 Å². The molecule has 0 fully saturated rings. The number of nitrogens with zero attached hydrogens (tertiary/aromatic N) is 2. The van der Waals surface area contributed by atoms with Crippen molar-refractivity contribution in [2.75, 3.05) is 0 Å². The number of benzene rings is 2. The van der Waals surface area contributed by atoms with Crippen molar-refractivity contribution >= 4 is 0 Å². The monoisotopic (exact) mass is 304 g/mol. The molecule has 0 aliphatic heterocycles. The van der Waals surface area contributed by atoms with Gasteiger partial charge in [0.15, 0.2) is 0 Å². The van der Waals surface area contributed by atoms with E-state index in [0.29, 0.717) is 18.2 Å². The Kier molecular flexibility index (Phi) is 3.70. The van der Waals surface area contributed by atoms with E-state index in [0.717, 1.165) is 11.1 Å². The molecule has 1 aromatic heterocycles. The quantitative estimate of drug-likeness (QED) is 0.714. The normalized spacial score (nSPS) is 13.8. The van der Waals surface area contributed by atoms with E-state index in [2.05, 4.69) is 41.4 Å². The van der Waals surface area contributed by atoms with Crippen LogP contribution in [0.1, 0.15) is 41.0 Å². The molecule has 0 saturated heterocycles. The maximum atomic E-state index is 5.88. The highest BCUT2D eigenvalue weighted by Crippen LogP contribution is 2.25. The summed E-state index contributed by atoms with van der Waals surface area (Å²) in [6.45, 7) is 2.06. The summed E-state index contributed by atoms with van der Waals surface area (Å²) in [7, 11) is 0. The Labute approximate surface area is 136 Å². The van der Waals surface area contributed by atoms with Crippen molar-refractivity contribution in [3.63, 3.8) is 0 Å². The highest BCUT2D eigenvalue weighted by molar-refractivity contribution is 5.57. The fraction of sp³-hybridized carbons (Fsp3) is 0.300. The molecule has 1 aliphatic carbocycles. The summed E-state index contributed by atoms with van der Waals surface area (Å²) < 4.78 is 5.88. The molecule has 0 radical (unpaired) electrons. The van der Waals surface area contributed by atoms with Gasteiger partial charge in [0.2, 0.25) is 11.8 Å². The van der Waals surface area contributed by atoms with Crippen LogP contribution in [0.15, 0.2) is 46.9 Å². The van der Waals surface area contributed by atoms with Crippen molar-refractivity contribution in [1.82, 2.24) is 10.2 Å². The predicted octanol–water partition coefficient (Wildman–Crippen LogP) is 4.51. The van der Waals surface area contributed by atoms with Crippen LogP contribution in [0.5, 0.6) is 0 Å². The first-order valence-electron chi connectivity index (χ1n) is 8.29. The molecule has 0 saturated carbocycles. The third-order valence-electron chi connectivity index (χ3n) is 4.61. The van der Waals surface area contributed by atoms with Gasteiger partial charge in [-0.2, -0.15) is 0 Å². The molecule has 3 aromatic rings. The van der Waals surface area contributed by atoms with Gasteiger partial charge in [0.25, 0.3) is 0 Å². The van der Waals surface area contributed by atoms with Crippen LogP contribution in [-0.2, 0) is 19.3 Å². The van der Waals surface area contributed by atoms with Crippen molar-refractivity contribution < 1.29 is 4.42 Å². The van der Waals surface area contributed by atoms with E-state index in [1.807, 2.05) is 18.2 Å². The van der Waals surface area contributed by atoms with Gasteiger partial charge in [-0.15, -0.1) is 10.2 Å². The first-order chi connectivity index (χ1) is 11.3. The van der Waals surface area contributed by atoms with Crippen LogP contribution >= 0.6 is 0 Å². The second kappa shape index (κ2) is 5.99. The largest absolute Gasteiger partial charge is 0.420 e. The topological polar surface area (TPSA) is 38.9 Å². The van der Waals surface area contributed by atoms with Crippen LogP contribution < -0.4 is 0 Å². The summed E-state index contributed by atoms with van der Waals surface area (Å²) in [5.74, 6) is 1.29. The average Bonchev–Trinajstić information content (AvgIpc) is 3.03. The lowest BCUT2D eigenvalue weighted by Gasteiger charge is -2.16. The molecule has 4 rings (SSSR count). The first-order valence-corrected chi connectivity index (χ1v) is 8.29. The lowest BCUT2D eigenvalue weighted by atomic mass is 9.90. The number of hydrogen-bond donors (Lipinski definition) is 0. The summed E-state index contributed by atoms with van der Waals surface area (Å²) in [5, 5.41) is 8.44. The smallest absolute Gasteiger partial charge is 0.248 e. The van der Waals surface area contributed by atoms with Gasteiger partial charge in [-0.3, -0.25) is 0 Å². The number of aryl methyl sites for hydroxylation is 3. The molecule has 0 spiro atoms. The lowest BCUT2D eigenvalue weighted by Crippen LogP contribution is -2.03. The molecule has 1 heterocycles. The molecule has 0 atom stereocenters. The lowest BCUT2D eigenvalue weighted by molar-refractivity contribution is 0.517. The van der Waals surface area contributed by atoms with Gasteiger partial charge < -0.3 is 4.42 Å². The minimum atomic E-state index is 0.607. The average molecular weight is 304 g/mol. The van der Waals surface area contributed by atoms with E-state index in [-0.39, 0.29) is 0 Å². The van der Waals surface area contributed by atoms with E-state index in [1.165, 1.54) is 42.4 Å². The summed E-state index contributed by atoms with van der Waals surface area (Å²) in [6, 6.07) is 14.9. The summed E-state index contributed by atoms with van der Waals surface area (Å²) in [4.78, 5) is 0. The number of aromatic nitrogens is 2. The summed E-state index contributed by atoms with van der Waals surface area (Å²) in [5.41, 5.74) is 6.41. The summed E-state index contributed by atoms with van der Waals surface area (Å²) >= 11 is 0. The van der Waals surface area contributed by atoms with Crippen molar-refractivity contribution in [3.05, 3.63) is 70.6 Å². The molecule has 0 bridgehead atoms. The Morgan fingerprint density at radius 2 is 1.78 bits per heavy atom. The minimum Gasteiger partial charge on any atom is -0.420 e. The maximum Gasteiger partial charge on any atom is 0.248 e. The van der Waals surface area contributed by atoms with E-state index >= 15 is 0 Å². The third kappa shape index (κ3) is 2.91. The molecule has 3 nitrogen and oxygen atoms in total. The zero-order chi connectivity index (χ0) is 15.6. The number of rotatable bonds is 3. The fourth-order valence-corrected chi connectivity index (χ4v) is 3.32. The molecule has 1 aliphatic rings. The Balaban J connectivity index is 1.57. The van der Waals surface area contributed by atoms with Crippen molar-refractivity contribution in [2.45, 2.75) is 39.0 Å². The van der Waals surface area contributed by atoms with E-state index in [1.54, 1.807) is 0 Å². The molecule has 0 unspecified atom stereocenters.